The Morgan fingerprint density at radius 2 is 1.80 bits per heavy atom. The molecule has 1 heterocycles. The number of nitrogens with zero attached hydrogens (tertiary/aromatic N) is 2. The predicted octanol–water partition coefficient (Wildman–Crippen LogP) is 4.68. The van der Waals surface area contributed by atoms with Crippen LogP contribution in [0.5, 0.6) is 0 Å². The van der Waals surface area contributed by atoms with Crippen LogP contribution in [0.15, 0.2) is 52.3 Å². The SMILES string of the molecule is O=C(CSc1nncs1)Nc1ccc(NC(=O)c2ccc(F)cc2)cc1C(F)(F)F. The van der Waals surface area contributed by atoms with Crippen LogP contribution in [0.4, 0.5) is 28.9 Å². The highest BCUT2D eigenvalue weighted by molar-refractivity contribution is 8.01. The molecular formula is C18H12F4N4O2S2. The second-order valence-electron chi connectivity index (χ2n) is 5.76. The molecule has 0 saturated heterocycles. The molecule has 30 heavy (non-hydrogen) atoms. The number of halogens is 4. The summed E-state index contributed by atoms with van der Waals surface area (Å²) in [6.45, 7) is 0. The molecule has 156 valence electrons. The number of alkyl halides is 3. The van der Waals surface area contributed by atoms with Gasteiger partial charge in [-0.2, -0.15) is 13.2 Å². The molecule has 3 rings (SSSR count). The van der Waals surface area contributed by atoms with Gasteiger partial charge in [0.2, 0.25) is 5.91 Å². The monoisotopic (exact) mass is 456 g/mol. The third-order valence-electron chi connectivity index (χ3n) is 3.63. The number of benzene rings is 2. The number of amides is 2. The third-order valence-corrected chi connectivity index (χ3v) is 5.49. The molecule has 0 fully saturated rings. The molecule has 6 nitrogen and oxygen atoms in total. The van der Waals surface area contributed by atoms with Crippen LogP contribution < -0.4 is 10.6 Å². The molecule has 0 atom stereocenters. The molecular weight excluding hydrogens is 444 g/mol. The lowest BCUT2D eigenvalue weighted by Crippen LogP contribution is -2.19. The summed E-state index contributed by atoms with van der Waals surface area (Å²) in [5.74, 6) is -2.04. The first kappa shape index (κ1) is 21.7. The van der Waals surface area contributed by atoms with Crippen molar-refractivity contribution in [2.45, 2.75) is 10.5 Å². The van der Waals surface area contributed by atoms with Gasteiger partial charge in [-0.25, -0.2) is 4.39 Å². The summed E-state index contributed by atoms with van der Waals surface area (Å²) >= 11 is 2.25. The van der Waals surface area contributed by atoms with Crippen LogP contribution in [0.2, 0.25) is 0 Å². The summed E-state index contributed by atoms with van der Waals surface area (Å²) in [6.07, 6.45) is -4.77. The Morgan fingerprint density at radius 1 is 1.07 bits per heavy atom. The molecule has 0 spiro atoms. The highest BCUT2D eigenvalue weighted by Crippen LogP contribution is 2.37. The Kier molecular flexibility index (Phi) is 6.67. The first-order chi connectivity index (χ1) is 14.2. The van der Waals surface area contributed by atoms with Crippen molar-refractivity contribution < 1.29 is 27.2 Å². The zero-order valence-electron chi connectivity index (χ0n) is 14.9. The number of hydrogen-bond donors (Lipinski definition) is 2. The number of hydrogen-bond acceptors (Lipinski definition) is 6. The summed E-state index contributed by atoms with van der Waals surface area (Å²) < 4.78 is 53.9. The Bertz CT molecular complexity index is 1040. The highest BCUT2D eigenvalue weighted by Gasteiger charge is 2.34. The van der Waals surface area contributed by atoms with Crippen molar-refractivity contribution in [3.63, 3.8) is 0 Å². The second-order valence-corrected chi connectivity index (χ2v) is 7.82. The van der Waals surface area contributed by atoms with E-state index in [0.717, 1.165) is 36.0 Å². The molecule has 1 aromatic heterocycles. The van der Waals surface area contributed by atoms with Gasteiger partial charge in [0.25, 0.3) is 5.91 Å². The van der Waals surface area contributed by atoms with E-state index in [1.165, 1.54) is 35.0 Å². The van der Waals surface area contributed by atoms with Crippen molar-refractivity contribution in [1.29, 1.82) is 0 Å². The van der Waals surface area contributed by atoms with E-state index in [2.05, 4.69) is 20.8 Å². The quantitative estimate of drug-likeness (QED) is 0.416. The van der Waals surface area contributed by atoms with Crippen LogP contribution >= 0.6 is 23.1 Å². The standard InChI is InChI=1S/C18H12F4N4O2S2/c19-11-3-1-10(2-4-11)16(28)24-12-5-6-14(13(7-12)18(20,21)22)25-15(27)8-29-17-26-23-9-30-17/h1-7,9H,8H2,(H,24,28)(H,25,27). The van der Waals surface area contributed by atoms with Crippen molar-refractivity contribution in [1.82, 2.24) is 10.2 Å². The van der Waals surface area contributed by atoms with Gasteiger partial charge in [-0.05, 0) is 42.5 Å². The van der Waals surface area contributed by atoms with Crippen LogP contribution in [0, 0.1) is 5.82 Å². The smallest absolute Gasteiger partial charge is 0.325 e. The molecule has 0 radical (unpaired) electrons. The van der Waals surface area contributed by atoms with Crippen molar-refractivity contribution >= 4 is 46.3 Å². The molecule has 0 aliphatic heterocycles. The van der Waals surface area contributed by atoms with E-state index < -0.39 is 35.1 Å². The molecule has 3 aromatic rings. The van der Waals surface area contributed by atoms with Gasteiger partial charge in [0.05, 0.1) is 17.0 Å². The van der Waals surface area contributed by atoms with Crippen molar-refractivity contribution in [2.75, 3.05) is 16.4 Å². The van der Waals surface area contributed by atoms with Crippen LogP contribution in [-0.4, -0.2) is 27.8 Å². The number of nitrogens with one attached hydrogen (secondary N) is 2. The van der Waals surface area contributed by atoms with Gasteiger partial charge >= 0.3 is 6.18 Å². The topological polar surface area (TPSA) is 84.0 Å². The van der Waals surface area contributed by atoms with Crippen LogP contribution in [0.25, 0.3) is 0 Å². The molecule has 0 aliphatic rings. The molecule has 2 N–H and O–H groups in total. The maximum absolute atomic E-state index is 13.5. The van der Waals surface area contributed by atoms with E-state index in [1.54, 1.807) is 0 Å². The van der Waals surface area contributed by atoms with Gasteiger partial charge in [0, 0.05) is 11.3 Å². The van der Waals surface area contributed by atoms with Gasteiger partial charge in [0.15, 0.2) is 4.34 Å². The zero-order valence-corrected chi connectivity index (χ0v) is 16.5. The average molecular weight is 456 g/mol. The molecule has 0 aliphatic carbocycles. The van der Waals surface area contributed by atoms with E-state index in [-0.39, 0.29) is 17.0 Å². The zero-order chi connectivity index (χ0) is 21.7. The fourth-order valence-electron chi connectivity index (χ4n) is 2.31. The summed E-state index contributed by atoms with van der Waals surface area (Å²) in [5, 5.41) is 11.9. The first-order valence-electron chi connectivity index (χ1n) is 8.19. The minimum absolute atomic E-state index is 0.0797. The Morgan fingerprint density at radius 3 is 2.43 bits per heavy atom. The molecule has 12 heteroatoms. The number of carbonyl (C=O) groups is 2. The van der Waals surface area contributed by atoms with E-state index in [4.69, 9.17) is 0 Å². The molecule has 2 amide bonds. The summed E-state index contributed by atoms with van der Waals surface area (Å²) in [7, 11) is 0. The Labute approximate surface area is 175 Å². The van der Waals surface area contributed by atoms with Gasteiger partial charge in [0.1, 0.15) is 11.3 Å². The minimum atomic E-state index is -4.77. The van der Waals surface area contributed by atoms with Crippen molar-refractivity contribution in [3.8, 4) is 0 Å². The van der Waals surface area contributed by atoms with E-state index in [0.29, 0.717) is 4.34 Å². The van der Waals surface area contributed by atoms with Crippen LogP contribution in [0.3, 0.4) is 0 Å². The molecule has 2 aromatic carbocycles. The Hall–Kier alpha value is -2.99. The number of anilines is 2. The fraction of sp³-hybridized carbons (Fsp3) is 0.111. The van der Waals surface area contributed by atoms with E-state index >= 15 is 0 Å². The maximum Gasteiger partial charge on any atom is 0.418 e. The molecule has 0 unspecified atom stereocenters. The lowest BCUT2D eigenvalue weighted by molar-refractivity contribution is -0.136. The number of thioether (sulfide) groups is 1. The predicted molar refractivity (Wildman–Crippen MR) is 105 cm³/mol. The largest absolute Gasteiger partial charge is 0.418 e. The third kappa shape index (κ3) is 5.76. The number of carbonyl (C=O) groups excluding carboxylic acids is 2. The summed E-state index contributed by atoms with van der Waals surface area (Å²) in [5.41, 5.74) is -0.131. The van der Waals surface area contributed by atoms with Crippen molar-refractivity contribution in [2.24, 2.45) is 0 Å². The summed E-state index contributed by atoms with van der Waals surface area (Å²) in [6, 6.07) is 7.54. The van der Waals surface area contributed by atoms with Crippen LogP contribution in [-0.2, 0) is 11.0 Å². The van der Waals surface area contributed by atoms with Gasteiger partial charge < -0.3 is 10.6 Å². The van der Waals surface area contributed by atoms with E-state index in [1.807, 2.05) is 0 Å². The van der Waals surface area contributed by atoms with Gasteiger partial charge in [-0.15, -0.1) is 10.2 Å². The Balaban J connectivity index is 1.73. The maximum atomic E-state index is 13.5. The number of aromatic nitrogens is 2. The molecule has 0 saturated carbocycles. The normalized spacial score (nSPS) is 11.2. The highest BCUT2D eigenvalue weighted by atomic mass is 32.2. The number of rotatable bonds is 6. The van der Waals surface area contributed by atoms with E-state index in [9.17, 15) is 27.2 Å². The lowest BCUT2D eigenvalue weighted by atomic mass is 10.1. The molecule has 0 bridgehead atoms. The first-order valence-corrected chi connectivity index (χ1v) is 10.1. The lowest BCUT2D eigenvalue weighted by Gasteiger charge is -2.16. The average Bonchev–Trinajstić information content (AvgIpc) is 3.21. The second kappa shape index (κ2) is 9.22. The minimum Gasteiger partial charge on any atom is -0.325 e. The summed E-state index contributed by atoms with van der Waals surface area (Å²) in [4.78, 5) is 24.2. The van der Waals surface area contributed by atoms with Gasteiger partial charge in [-0.3, -0.25) is 9.59 Å². The fourth-order valence-corrected chi connectivity index (χ4v) is 3.60. The van der Waals surface area contributed by atoms with Crippen molar-refractivity contribution in [3.05, 3.63) is 64.9 Å². The van der Waals surface area contributed by atoms with Crippen LogP contribution in [0.1, 0.15) is 15.9 Å². The van der Waals surface area contributed by atoms with Gasteiger partial charge in [-0.1, -0.05) is 23.1 Å².